The Hall–Kier alpha value is -4.09. The number of esters is 4. The van der Waals surface area contributed by atoms with Crippen molar-refractivity contribution < 1.29 is 48.0 Å². The fourth-order valence-electron chi connectivity index (χ4n) is 4.33. The second-order valence-electron chi connectivity index (χ2n) is 10.1. The largest absolute Gasteiger partial charge is 0.477 e. The number of ether oxygens (including phenoxy) is 4. The summed E-state index contributed by atoms with van der Waals surface area (Å²) in [6.45, 7) is 8.78. The smallest absolute Gasteiger partial charge is 0.355 e. The molecule has 0 aliphatic rings. The van der Waals surface area contributed by atoms with Crippen LogP contribution in [0.5, 0.6) is 0 Å². The Morgan fingerprint density at radius 2 is 1.35 bits per heavy atom. The second kappa shape index (κ2) is 13.8. The Labute approximate surface area is 232 Å². The molecule has 0 radical (unpaired) electrons. The van der Waals surface area contributed by atoms with Gasteiger partial charge in [-0.1, -0.05) is 0 Å². The highest BCUT2D eigenvalue weighted by Gasteiger charge is 2.28. The first-order valence-corrected chi connectivity index (χ1v) is 12.9. The van der Waals surface area contributed by atoms with E-state index < -0.39 is 35.4 Å². The first-order chi connectivity index (χ1) is 18.7. The van der Waals surface area contributed by atoms with Gasteiger partial charge in [-0.15, -0.1) is 0 Å². The van der Waals surface area contributed by atoms with E-state index in [1.54, 1.807) is 34.6 Å². The van der Waals surface area contributed by atoms with Gasteiger partial charge in [0.2, 0.25) is 0 Å². The molecule has 0 fully saturated rings. The van der Waals surface area contributed by atoms with Crippen LogP contribution >= 0.6 is 0 Å². The van der Waals surface area contributed by atoms with Crippen LogP contribution in [0.1, 0.15) is 95.2 Å². The molecule has 0 bridgehead atoms. The van der Waals surface area contributed by atoms with Crippen LogP contribution in [0.3, 0.4) is 0 Å². The lowest BCUT2D eigenvalue weighted by molar-refractivity contribution is -0.142. The van der Waals surface area contributed by atoms with Crippen molar-refractivity contribution >= 4 is 29.8 Å². The summed E-state index contributed by atoms with van der Waals surface area (Å²) in [7, 11) is 2.51. The van der Waals surface area contributed by atoms with Gasteiger partial charge >= 0.3 is 29.8 Å². The maximum atomic E-state index is 13.1. The summed E-state index contributed by atoms with van der Waals surface area (Å²) in [5.74, 6) is -3.40. The van der Waals surface area contributed by atoms with Crippen LogP contribution in [0.2, 0.25) is 0 Å². The summed E-state index contributed by atoms with van der Waals surface area (Å²) in [6, 6.07) is 0. The molecule has 0 atom stereocenters. The monoisotopic (exact) mass is 562 g/mol. The van der Waals surface area contributed by atoms with Gasteiger partial charge in [0.1, 0.15) is 17.0 Å². The molecule has 220 valence electrons. The van der Waals surface area contributed by atoms with Crippen LogP contribution in [-0.4, -0.2) is 71.3 Å². The predicted molar refractivity (Wildman–Crippen MR) is 142 cm³/mol. The highest BCUT2D eigenvalue weighted by Crippen LogP contribution is 2.29. The number of carboxylic acids is 1. The zero-order valence-corrected chi connectivity index (χ0v) is 24.1. The van der Waals surface area contributed by atoms with Gasteiger partial charge in [0.25, 0.3) is 0 Å². The summed E-state index contributed by atoms with van der Waals surface area (Å²) >= 11 is 0. The fraction of sp³-hybridized carbons (Fsp3) is 0.536. The average Bonchev–Trinajstić information content (AvgIpc) is 3.37. The Morgan fingerprint density at radius 3 is 1.85 bits per heavy atom. The van der Waals surface area contributed by atoms with E-state index in [-0.39, 0.29) is 56.5 Å². The van der Waals surface area contributed by atoms with E-state index in [0.29, 0.717) is 33.6 Å². The van der Waals surface area contributed by atoms with E-state index in [1.165, 1.54) is 14.2 Å². The van der Waals surface area contributed by atoms with Gasteiger partial charge in [-0.25, -0.2) is 9.59 Å². The van der Waals surface area contributed by atoms with Crippen molar-refractivity contribution in [1.29, 1.82) is 0 Å². The molecule has 0 amide bonds. The number of hydrogen-bond acceptors (Lipinski definition) is 9. The molecule has 0 saturated carbocycles. The number of methoxy groups -OCH3 is 2. The number of nitrogens with one attached hydrogen (secondary N) is 2. The molecule has 2 aromatic heterocycles. The number of rotatable bonds is 13. The molecule has 0 aliphatic heterocycles. The second-order valence-corrected chi connectivity index (χ2v) is 10.1. The molecule has 2 heterocycles. The SMILES string of the molecule is CCOC(=O)Cc1c(Cc2[nH]c(C(=O)OC(C)(C)C)c(CCC(=O)OC)c2C)[nH]c(C(=O)O)c1CCC(=O)OC. The lowest BCUT2D eigenvalue weighted by Gasteiger charge is -2.19. The predicted octanol–water partition coefficient (Wildman–Crippen LogP) is 3.21. The summed E-state index contributed by atoms with van der Waals surface area (Å²) < 4.78 is 20.1. The maximum absolute atomic E-state index is 13.1. The van der Waals surface area contributed by atoms with Gasteiger partial charge in [-0.2, -0.15) is 0 Å². The Kier molecular flexibility index (Phi) is 11.1. The molecule has 0 aliphatic carbocycles. The van der Waals surface area contributed by atoms with E-state index in [2.05, 4.69) is 9.97 Å². The van der Waals surface area contributed by atoms with Gasteiger partial charge in [0.05, 0.1) is 27.2 Å². The summed E-state index contributed by atoms with van der Waals surface area (Å²) in [5, 5.41) is 9.88. The van der Waals surface area contributed by atoms with E-state index in [1.807, 2.05) is 0 Å². The van der Waals surface area contributed by atoms with Crippen molar-refractivity contribution in [2.75, 3.05) is 20.8 Å². The molecule has 0 saturated heterocycles. The summed E-state index contributed by atoms with van der Waals surface area (Å²) in [4.78, 5) is 67.3. The van der Waals surface area contributed by atoms with Gasteiger partial charge in [-0.3, -0.25) is 14.4 Å². The number of aromatic amines is 2. The van der Waals surface area contributed by atoms with Crippen LogP contribution in [0, 0.1) is 6.92 Å². The normalized spacial score (nSPS) is 11.2. The number of aromatic carboxylic acids is 1. The number of carbonyl (C=O) groups is 5. The van der Waals surface area contributed by atoms with Gasteiger partial charge in [0, 0.05) is 30.7 Å². The standard InChI is InChI=1S/C28H38N2O10/c1-8-39-23(33)13-18-17(10-12-22(32)38-7)24(26(34)35)30-20(18)14-19-15(2)16(9-11-21(31)37-6)25(29-19)27(36)40-28(3,4)5/h29-30H,8-14H2,1-7H3,(H,34,35). The van der Waals surface area contributed by atoms with Crippen LogP contribution in [0.25, 0.3) is 0 Å². The Bertz CT molecular complexity index is 1260. The summed E-state index contributed by atoms with van der Waals surface area (Å²) in [6.07, 6.45) is 0.0315. The topological polar surface area (TPSA) is 174 Å². The first kappa shape index (κ1) is 32.1. The molecule has 0 unspecified atom stereocenters. The first-order valence-electron chi connectivity index (χ1n) is 12.9. The number of H-pyrrole nitrogens is 2. The third kappa shape index (κ3) is 8.45. The molecule has 12 heteroatoms. The highest BCUT2D eigenvalue weighted by molar-refractivity contribution is 5.91. The molecular weight excluding hydrogens is 524 g/mol. The third-order valence-corrected chi connectivity index (χ3v) is 6.20. The molecule has 2 rings (SSSR count). The fourth-order valence-corrected chi connectivity index (χ4v) is 4.33. The average molecular weight is 563 g/mol. The van der Waals surface area contributed by atoms with Crippen molar-refractivity contribution in [2.45, 2.75) is 78.7 Å². The van der Waals surface area contributed by atoms with Crippen molar-refractivity contribution in [3.05, 3.63) is 45.0 Å². The van der Waals surface area contributed by atoms with Crippen molar-refractivity contribution in [3.8, 4) is 0 Å². The van der Waals surface area contributed by atoms with E-state index in [0.717, 1.165) is 0 Å². The van der Waals surface area contributed by atoms with Crippen LogP contribution in [0.15, 0.2) is 0 Å². The van der Waals surface area contributed by atoms with E-state index >= 15 is 0 Å². The molecule has 3 N–H and O–H groups in total. The lowest BCUT2D eigenvalue weighted by atomic mass is 9.97. The Morgan fingerprint density at radius 1 is 0.800 bits per heavy atom. The van der Waals surface area contributed by atoms with Crippen LogP contribution in [0.4, 0.5) is 0 Å². The maximum Gasteiger partial charge on any atom is 0.355 e. The van der Waals surface area contributed by atoms with Gasteiger partial charge in [0.15, 0.2) is 0 Å². The van der Waals surface area contributed by atoms with Crippen LogP contribution < -0.4 is 0 Å². The number of hydrogen-bond donors (Lipinski definition) is 3. The molecule has 40 heavy (non-hydrogen) atoms. The molecular formula is C28H38N2O10. The third-order valence-electron chi connectivity index (χ3n) is 6.20. The minimum Gasteiger partial charge on any atom is -0.477 e. The zero-order chi connectivity index (χ0) is 30.2. The quantitative estimate of drug-likeness (QED) is 0.243. The minimum absolute atomic E-state index is 0.0246. The van der Waals surface area contributed by atoms with Crippen molar-refractivity contribution in [1.82, 2.24) is 9.97 Å². The van der Waals surface area contributed by atoms with E-state index in [9.17, 15) is 29.1 Å². The zero-order valence-electron chi connectivity index (χ0n) is 24.1. The van der Waals surface area contributed by atoms with Crippen molar-refractivity contribution in [2.24, 2.45) is 0 Å². The number of carbonyl (C=O) groups excluding carboxylic acids is 4. The highest BCUT2D eigenvalue weighted by atomic mass is 16.6. The van der Waals surface area contributed by atoms with Crippen LogP contribution in [-0.2, 0) is 59.0 Å². The Balaban J connectivity index is 2.63. The summed E-state index contributed by atoms with van der Waals surface area (Å²) in [5.41, 5.74) is 2.15. The number of carboxylic acid groups (broad SMARTS) is 1. The molecule has 2 aromatic rings. The molecule has 0 aromatic carbocycles. The lowest BCUT2D eigenvalue weighted by Crippen LogP contribution is -2.24. The van der Waals surface area contributed by atoms with E-state index in [4.69, 9.17) is 18.9 Å². The molecule has 12 nitrogen and oxygen atoms in total. The molecule has 0 spiro atoms. The van der Waals surface area contributed by atoms with Gasteiger partial charge in [-0.05, 0) is 69.7 Å². The van der Waals surface area contributed by atoms with Crippen molar-refractivity contribution in [3.63, 3.8) is 0 Å². The number of aromatic nitrogens is 2. The van der Waals surface area contributed by atoms with Gasteiger partial charge < -0.3 is 34.0 Å². The minimum atomic E-state index is -1.26.